The van der Waals surface area contributed by atoms with Crippen LogP contribution in [0.2, 0.25) is 0 Å². The molecule has 96 valence electrons. The van der Waals surface area contributed by atoms with Crippen LogP contribution in [0, 0.1) is 6.92 Å². The summed E-state index contributed by atoms with van der Waals surface area (Å²) < 4.78 is 5.66. The molecule has 1 aromatic carbocycles. The molecular formula is C14H19N3O. The van der Waals surface area contributed by atoms with Gasteiger partial charge in [-0.1, -0.05) is 17.7 Å². The standard InChI is InChI=1S/C14H19N3O/c1-11-3-5-12(6-4-11)17-13(15)16-9-14(17)7-2-8-18-10-14/h3-6H,2,7-10H2,1H3,(H2,15,16). The van der Waals surface area contributed by atoms with Gasteiger partial charge in [-0.05, 0) is 31.9 Å². The second kappa shape index (κ2) is 4.28. The maximum Gasteiger partial charge on any atom is 0.196 e. The Labute approximate surface area is 107 Å². The number of benzene rings is 1. The van der Waals surface area contributed by atoms with E-state index < -0.39 is 0 Å². The van der Waals surface area contributed by atoms with Crippen LogP contribution in [0.5, 0.6) is 0 Å². The molecule has 1 unspecified atom stereocenters. The maximum atomic E-state index is 6.07. The van der Waals surface area contributed by atoms with Crippen molar-refractivity contribution in [3.63, 3.8) is 0 Å². The molecule has 1 saturated heterocycles. The SMILES string of the molecule is Cc1ccc(N2C(N)=NCC23CCCOC3)cc1. The highest BCUT2D eigenvalue weighted by molar-refractivity contribution is 5.98. The number of guanidine groups is 1. The van der Waals surface area contributed by atoms with Gasteiger partial charge in [-0.3, -0.25) is 4.99 Å². The summed E-state index contributed by atoms with van der Waals surface area (Å²) in [4.78, 5) is 6.59. The van der Waals surface area contributed by atoms with Gasteiger partial charge in [-0.15, -0.1) is 0 Å². The van der Waals surface area contributed by atoms with Gasteiger partial charge in [-0.25, -0.2) is 0 Å². The molecule has 3 rings (SSSR count). The van der Waals surface area contributed by atoms with Gasteiger partial charge in [0.15, 0.2) is 5.96 Å². The average molecular weight is 245 g/mol. The molecule has 2 aliphatic rings. The first-order valence-corrected chi connectivity index (χ1v) is 6.46. The topological polar surface area (TPSA) is 50.8 Å². The molecule has 0 aliphatic carbocycles. The summed E-state index contributed by atoms with van der Waals surface area (Å²) in [5.41, 5.74) is 8.38. The van der Waals surface area contributed by atoms with Crippen LogP contribution in [0.4, 0.5) is 5.69 Å². The highest BCUT2D eigenvalue weighted by Gasteiger charge is 2.44. The van der Waals surface area contributed by atoms with Crippen molar-refractivity contribution in [2.45, 2.75) is 25.3 Å². The van der Waals surface area contributed by atoms with E-state index in [0.29, 0.717) is 12.6 Å². The Hall–Kier alpha value is -1.55. The Bertz CT molecular complexity index is 460. The number of aliphatic imine (C=N–C) groups is 1. The van der Waals surface area contributed by atoms with Crippen molar-refractivity contribution in [2.75, 3.05) is 24.7 Å². The Kier molecular flexibility index (Phi) is 2.74. The lowest BCUT2D eigenvalue weighted by atomic mass is 9.91. The Morgan fingerprint density at radius 3 is 2.78 bits per heavy atom. The molecule has 0 aromatic heterocycles. The number of nitrogens with two attached hydrogens (primary N) is 1. The van der Waals surface area contributed by atoms with Crippen molar-refractivity contribution in [2.24, 2.45) is 10.7 Å². The first kappa shape index (κ1) is 11.5. The van der Waals surface area contributed by atoms with Crippen LogP contribution in [0.1, 0.15) is 18.4 Å². The van der Waals surface area contributed by atoms with Gasteiger partial charge in [0, 0.05) is 12.3 Å². The fourth-order valence-corrected chi connectivity index (χ4v) is 2.85. The van der Waals surface area contributed by atoms with Gasteiger partial charge in [0.1, 0.15) is 0 Å². The van der Waals surface area contributed by atoms with Gasteiger partial charge in [-0.2, -0.15) is 0 Å². The minimum atomic E-state index is -0.0579. The predicted molar refractivity (Wildman–Crippen MR) is 72.9 cm³/mol. The summed E-state index contributed by atoms with van der Waals surface area (Å²) in [6.45, 7) is 4.39. The molecule has 2 heterocycles. The maximum absolute atomic E-state index is 6.07. The minimum Gasteiger partial charge on any atom is -0.379 e. The lowest BCUT2D eigenvalue weighted by Crippen LogP contribution is -2.56. The molecule has 1 fully saturated rings. The van der Waals surface area contributed by atoms with Gasteiger partial charge in [0.05, 0.1) is 18.7 Å². The van der Waals surface area contributed by atoms with Gasteiger partial charge in [0.25, 0.3) is 0 Å². The third-order valence-corrected chi connectivity index (χ3v) is 3.83. The average Bonchev–Trinajstić information content (AvgIpc) is 2.69. The summed E-state index contributed by atoms with van der Waals surface area (Å²) in [5.74, 6) is 0.615. The van der Waals surface area contributed by atoms with E-state index in [1.165, 1.54) is 5.56 Å². The zero-order valence-electron chi connectivity index (χ0n) is 10.7. The molecule has 1 aromatic rings. The first-order valence-electron chi connectivity index (χ1n) is 6.46. The summed E-state index contributed by atoms with van der Waals surface area (Å²) >= 11 is 0. The molecule has 0 bridgehead atoms. The van der Waals surface area contributed by atoms with E-state index in [9.17, 15) is 0 Å². The van der Waals surface area contributed by atoms with Crippen LogP contribution in [-0.4, -0.2) is 31.3 Å². The van der Waals surface area contributed by atoms with E-state index >= 15 is 0 Å². The number of nitrogens with zero attached hydrogens (tertiary/aromatic N) is 2. The minimum absolute atomic E-state index is 0.0579. The van der Waals surface area contributed by atoms with Crippen LogP contribution in [0.3, 0.4) is 0 Å². The molecule has 18 heavy (non-hydrogen) atoms. The molecule has 4 nitrogen and oxygen atoms in total. The number of rotatable bonds is 1. The third-order valence-electron chi connectivity index (χ3n) is 3.83. The Balaban J connectivity index is 1.96. The highest BCUT2D eigenvalue weighted by Crippen LogP contribution is 2.34. The van der Waals surface area contributed by atoms with Crippen LogP contribution in [0.25, 0.3) is 0 Å². The second-order valence-corrected chi connectivity index (χ2v) is 5.23. The van der Waals surface area contributed by atoms with Crippen molar-refractivity contribution in [1.82, 2.24) is 0 Å². The zero-order chi connectivity index (χ0) is 12.6. The van der Waals surface area contributed by atoms with E-state index in [4.69, 9.17) is 10.5 Å². The third kappa shape index (κ3) is 1.77. The largest absolute Gasteiger partial charge is 0.379 e. The fourth-order valence-electron chi connectivity index (χ4n) is 2.85. The summed E-state index contributed by atoms with van der Waals surface area (Å²) in [6.07, 6.45) is 2.16. The van der Waals surface area contributed by atoms with E-state index in [-0.39, 0.29) is 5.54 Å². The Morgan fingerprint density at radius 2 is 2.11 bits per heavy atom. The molecule has 2 aliphatic heterocycles. The van der Waals surface area contributed by atoms with Crippen molar-refractivity contribution in [1.29, 1.82) is 0 Å². The summed E-state index contributed by atoms with van der Waals surface area (Å²) in [6, 6.07) is 8.44. The lowest BCUT2D eigenvalue weighted by molar-refractivity contribution is 0.0459. The molecule has 1 spiro atoms. The zero-order valence-corrected chi connectivity index (χ0v) is 10.7. The van der Waals surface area contributed by atoms with Crippen molar-refractivity contribution in [3.05, 3.63) is 29.8 Å². The van der Waals surface area contributed by atoms with E-state index in [0.717, 1.165) is 31.7 Å². The van der Waals surface area contributed by atoms with Gasteiger partial charge in [0.2, 0.25) is 0 Å². The highest BCUT2D eigenvalue weighted by atomic mass is 16.5. The van der Waals surface area contributed by atoms with Crippen molar-refractivity contribution < 1.29 is 4.74 Å². The molecule has 2 N–H and O–H groups in total. The number of ether oxygens (including phenoxy) is 1. The normalized spacial score (nSPS) is 27.6. The smallest absolute Gasteiger partial charge is 0.196 e. The molecular weight excluding hydrogens is 226 g/mol. The lowest BCUT2D eigenvalue weighted by Gasteiger charge is -2.41. The summed E-state index contributed by atoms with van der Waals surface area (Å²) in [5, 5.41) is 0. The fraction of sp³-hybridized carbons (Fsp3) is 0.500. The first-order chi connectivity index (χ1) is 8.71. The molecule has 0 radical (unpaired) electrons. The monoisotopic (exact) mass is 245 g/mol. The predicted octanol–water partition coefficient (Wildman–Crippen LogP) is 1.68. The number of hydrogen-bond acceptors (Lipinski definition) is 4. The molecule has 4 heteroatoms. The van der Waals surface area contributed by atoms with Gasteiger partial charge < -0.3 is 15.4 Å². The van der Waals surface area contributed by atoms with E-state index in [1.807, 2.05) is 0 Å². The molecule has 0 amide bonds. The Morgan fingerprint density at radius 1 is 1.33 bits per heavy atom. The quantitative estimate of drug-likeness (QED) is 0.819. The van der Waals surface area contributed by atoms with E-state index in [2.05, 4.69) is 41.1 Å². The van der Waals surface area contributed by atoms with Crippen LogP contribution < -0.4 is 10.6 Å². The van der Waals surface area contributed by atoms with Crippen LogP contribution in [-0.2, 0) is 4.74 Å². The second-order valence-electron chi connectivity index (χ2n) is 5.23. The molecule has 0 saturated carbocycles. The van der Waals surface area contributed by atoms with Crippen LogP contribution >= 0.6 is 0 Å². The van der Waals surface area contributed by atoms with Gasteiger partial charge >= 0.3 is 0 Å². The van der Waals surface area contributed by atoms with E-state index in [1.54, 1.807) is 0 Å². The summed E-state index contributed by atoms with van der Waals surface area (Å²) in [7, 11) is 0. The molecule has 1 atom stereocenters. The number of anilines is 1. The number of aryl methyl sites for hydroxylation is 1. The van der Waals surface area contributed by atoms with Crippen LogP contribution in [0.15, 0.2) is 29.3 Å². The van der Waals surface area contributed by atoms with Crippen molar-refractivity contribution in [3.8, 4) is 0 Å². The number of hydrogen-bond donors (Lipinski definition) is 1. The van der Waals surface area contributed by atoms with Crippen molar-refractivity contribution >= 4 is 11.6 Å².